The number of morpholine rings is 1. The number of hydrogen-bond acceptors (Lipinski definition) is 4. The molecule has 0 aliphatic carbocycles. The van der Waals surface area contributed by atoms with Crippen LogP contribution in [0.5, 0.6) is 0 Å². The Morgan fingerprint density at radius 1 is 1.43 bits per heavy atom. The first-order valence-corrected chi connectivity index (χ1v) is 6.60. The monoisotopic (exact) mass is 311 g/mol. The maximum Gasteiger partial charge on any atom is 0.389 e. The summed E-state index contributed by atoms with van der Waals surface area (Å²) in [6.45, 7) is 1.42. The lowest BCUT2D eigenvalue weighted by Gasteiger charge is -2.33. The average Bonchev–Trinajstić information content (AvgIpc) is 2.33. The fraction of sp³-hybridized carbons (Fsp3) is 0.833. The molecule has 0 aromatic heterocycles. The maximum atomic E-state index is 12.2. The molecule has 1 saturated heterocycles. The van der Waals surface area contributed by atoms with Crippen LogP contribution in [0.2, 0.25) is 0 Å². The fourth-order valence-electron chi connectivity index (χ4n) is 2.07. The zero-order chi connectivity index (χ0) is 16.0. The van der Waals surface area contributed by atoms with Gasteiger partial charge in [-0.15, -0.1) is 0 Å². The van der Waals surface area contributed by atoms with Crippen LogP contribution in [-0.4, -0.2) is 73.7 Å². The van der Waals surface area contributed by atoms with Crippen LogP contribution in [0.3, 0.4) is 0 Å². The van der Waals surface area contributed by atoms with E-state index in [0.717, 1.165) is 11.4 Å². The van der Waals surface area contributed by atoms with Gasteiger partial charge in [-0.1, -0.05) is 0 Å². The molecule has 1 fully saturated rings. The van der Waals surface area contributed by atoms with Gasteiger partial charge in [-0.05, 0) is 7.05 Å². The largest absolute Gasteiger partial charge is 0.389 e. The summed E-state index contributed by atoms with van der Waals surface area (Å²) in [7, 11) is 1.87. The predicted molar refractivity (Wildman–Crippen MR) is 68.3 cm³/mol. The fourth-order valence-corrected chi connectivity index (χ4v) is 2.07. The molecule has 21 heavy (non-hydrogen) atoms. The molecule has 0 spiro atoms. The molecule has 0 aromatic rings. The smallest absolute Gasteiger partial charge is 0.374 e. The topological polar surface area (TPSA) is 75.9 Å². The highest BCUT2D eigenvalue weighted by Crippen LogP contribution is 2.22. The number of nitrogens with zero attached hydrogens (tertiary/aromatic N) is 2. The third-order valence-electron chi connectivity index (χ3n) is 3.09. The summed E-state index contributed by atoms with van der Waals surface area (Å²) >= 11 is 0. The lowest BCUT2D eigenvalue weighted by Crippen LogP contribution is -2.49. The van der Waals surface area contributed by atoms with Crippen molar-refractivity contribution in [3.63, 3.8) is 0 Å². The summed E-state index contributed by atoms with van der Waals surface area (Å²) < 4.78 is 41.9. The number of ether oxygens (including phenoxy) is 1. The third kappa shape index (κ3) is 7.28. The molecule has 122 valence electrons. The molecule has 2 N–H and O–H groups in total. The van der Waals surface area contributed by atoms with Crippen LogP contribution in [0.1, 0.15) is 12.8 Å². The second kappa shape index (κ2) is 7.60. The Hall–Kier alpha value is -1.35. The Labute approximate surface area is 121 Å². The van der Waals surface area contributed by atoms with Gasteiger partial charge in [0.05, 0.1) is 25.7 Å². The quantitative estimate of drug-likeness (QED) is 0.747. The van der Waals surface area contributed by atoms with Crippen LogP contribution in [0.4, 0.5) is 13.2 Å². The van der Waals surface area contributed by atoms with E-state index in [4.69, 9.17) is 10.5 Å². The first-order valence-electron chi connectivity index (χ1n) is 6.60. The molecule has 1 rings (SSSR count). The Bertz CT molecular complexity index is 376. The van der Waals surface area contributed by atoms with Gasteiger partial charge >= 0.3 is 6.18 Å². The van der Waals surface area contributed by atoms with Crippen LogP contribution in [0.15, 0.2) is 0 Å². The van der Waals surface area contributed by atoms with Crippen molar-refractivity contribution in [3.05, 3.63) is 0 Å². The van der Waals surface area contributed by atoms with E-state index in [9.17, 15) is 22.8 Å². The van der Waals surface area contributed by atoms with Crippen molar-refractivity contribution < 1.29 is 27.5 Å². The van der Waals surface area contributed by atoms with Crippen molar-refractivity contribution in [2.45, 2.75) is 25.1 Å². The second-order valence-corrected chi connectivity index (χ2v) is 5.11. The Morgan fingerprint density at radius 2 is 2.10 bits per heavy atom. The Balaban J connectivity index is 2.57. The summed E-state index contributed by atoms with van der Waals surface area (Å²) in [5.41, 5.74) is 5.04. The van der Waals surface area contributed by atoms with Crippen LogP contribution in [0, 0.1) is 0 Å². The third-order valence-corrected chi connectivity index (χ3v) is 3.09. The number of carbonyl (C=O) groups is 2. The molecular formula is C12H20F3N3O3. The molecule has 0 radical (unpaired) electrons. The van der Waals surface area contributed by atoms with Gasteiger partial charge in [-0.3, -0.25) is 9.59 Å². The molecular weight excluding hydrogens is 291 g/mol. The van der Waals surface area contributed by atoms with Gasteiger partial charge in [0.25, 0.3) is 0 Å². The van der Waals surface area contributed by atoms with Gasteiger partial charge in [0.2, 0.25) is 11.8 Å². The van der Waals surface area contributed by atoms with Crippen molar-refractivity contribution >= 4 is 11.8 Å². The summed E-state index contributed by atoms with van der Waals surface area (Å²) in [4.78, 5) is 25.8. The minimum absolute atomic E-state index is 0.0595. The van der Waals surface area contributed by atoms with Gasteiger partial charge in [0.1, 0.15) is 0 Å². The molecule has 0 saturated carbocycles. The molecule has 9 heteroatoms. The van der Waals surface area contributed by atoms with E-state index in [1.807, 2.05) is 11.9 Å². The molecule has 0 aromatic carbocycles. The lowest BCUT2D eigenvalue weighted by molar-refractivity contribution is -0.151. The minimum atomic E-state index is -4.41. The number of amides is 2. The maximum absolute atomic E-state index is 12.2. The van der Waals surface area contributed by atoms with Crippen LogP contribution in [0.25, 0.3) is 0 Å². The highest BCUT2D eigenvalue weighted by Gasteiger charge is 2.30. The van der Waals surface area contributed by atoms with E-state index in [0.29, 0.717) is 13.2 Å². The van der Waals surface area contributed by atoms with Gasteiger partial charge in [0, 0.05) is 26.1 Å². The summed E-state index contributed by atoms with van der Waals surface area (Å²) in [5.74, 6) is -1.51. The van der Waals surface area contributed by atoms with E-state index in [1.165, 1.54) is 0 Å². The predicted octanol–water partition coefficient (Wildman–Crippen LogP) is -0.0266. The van der Waals surface area contributed by atoms with Gasteiger partial charge in [0.15, 0.2) is 0 Å². The van der Waals surface area contributed by atoms with Crippen molar-refractivity contribution in [1.29, 1.82) is 0 Å². The number of nitrogens with two attached hydrogens (primary N) is 1. The van der Waals surface area contributed by atoms with E-state index in [-0.39, 0.29) is 12.6 Å². The number of likely N-dealkylation sites (N-methyl/N-ethyl adjacent to an activating group) is 1. The van der Waals surface area contributed by atoms with E-state index in [1.54, 1.807) is 0 Å². The minimum Gasteiger partial charge on any atom is -0.374 e. The number of alkyl halides is 3. The van der Waals surface area contributed by atoms with Crippen molar-refractivity contribution in [2.24, 2.45) is 5.73 Å². The van der Waals surface area contributed by atoms with Crippen molar-refractivity contribution in [3.8, 4) is 0 Å². The van der Waals surface area contributed by atoms with E-state index < -0.39 is 37.4 Å². The lowest BCUT2D eigenvalue weighted by atomic mass is 10.2. The van der Waals surface area contributed by atoms with E-state index >= 15 is 0 Å². The van der Waals surface area contributed by atoms with Crippen LogP contribution >= 0.6 is 0 Å². The van der Waals surface area contributed by atoms with Gasteiger partial charge in [-0.25, -0.2) is 0 Å². The molecule has 0 bridgehead atoms. The number of hydrogen-bond donors (Lipinski definition) is 1. The Morgan fingerprint density at radius 3 is 2.62 bits per heavy atom. The number of halogens is 3. The second-order valence-electron chi connectivity index (χ2n) is 5.11. The highest BCUT2D eigenvalue weighted by atomic mass is 19.4. The zero-order valence-corrected chi connectivity index (χ0v) is 11.9. The summed E-state index contributed by atoms with van der Waals surface area (Å²) in [6, 6.07) is 0. The van der Waals surface area contributed by atoms with E-state index in [2.05, 4.69) is 0 Å². The normalized spacial score (nSPS) is 20.3. The SMILES string of the molecule is CN1CCOC(CN(CC(N)=O)C(=O)CCC(F)(F)F)C1. The Kier molecular flexibility index (Phi) is 6.41. The number of primary amides is 1. The van der Waals surface area contributed by atoms with Crippen molar-refractivity contribution in [2.75, 3.05) is 39.8 Å². The molecule has 1 aliphatic heterocycles. The molecule has 1 aliphatic rings. The number of rotatable bonds is 6. The standard InChI is InChI=1S/C12H20F3N3O3/c1-17-4-5-21-9(6-17)7-18(8-10(16)19)11(20)2-3-12(13,14)15/h9H,2-8H2,1H3,(H2,16,19). The first-order chi connectivity index (χ1) is 9.67. The molecule has 1 unspecified atom stereocenters. The van der Waals surface area contributed by atoms with Crippen LogP contribution < -0.4 is 5.73 Å². The number of carbonyl (C=O) groups excluding carboxylic acids is 2. The summed E-state index contributed by atoms with van der Waals surface area (Å²) in [6.07, 6.45) is -6.65. The summed E-state index contributed by atoms with van der Waals surface area (Å²) in [5, 5.41) is 0. The highest BCUT2D eigenvalue weighted by molar-refractivity contribution is 5.83. The molecule has 1 heterocycles. The van der Waals surface area contributed by atoms with Crippen LogP contribution in [-0.2, 0) is 14.3 Å². The average molecular weight is 311 g/mol. The molecule has 1 atom stereocenters. The molecule has 6 nitrogen and oxygen atoms in total. The first kappa shape index (κ1) is 17.7. The van der Waals surface area contributed by atoms with Gasteiger partial charge < -0.3 is 20.3 Å². The van der Waals surface area contributed by atoms with Crippen molar-refractivity contribution in [1.82, 2.24) is 9.80 Å². The molecule has 2 amide bonds. The zero-order valence-electron chi connectivity index (χ0n) is 11.9. The van der Waals surface area contributed by atoms with Gasteiger partial charge in [-0.2, -0.15) is 13.2 Å².